The van der Waals surface area contributed by atoms with E-state index < -0.39 is 6.61 Å². The summed E-state index contributed by atoms with van der Waals surface area (Å²) in [6, 6.07) is 22.8. The first-order valence-corrected chi connectivity index (χ1v) is 9.56. The Hall–Kier alpha value is -3.77. The van der Waals surface area contributed by atoms with Crippen LogP contribution in [0.2, 0.25) is 0 Å². The number of rotatable bonds is 6. The molecule has 0 unspecified atom stereocenters. The number of carbonyl (C=O) groups is 1. The molecule has 0 radical (unpaired) electrons. The number of aromatic nitrogens is 1. The van der Waals surface area contributed by atoms with E-state index in [9.17, 15) is 13.6 Å². The maximum Gasteiger partial charge on any atom is 0.387 e. The maximum absolute atomic E-state index is 13.3. The number of alkyl halides is 2. The fraction of sp³-hybridized carbons (Fsp3) is 0.0400. The first-order valence-electron chi connectivity index (χ1n) is 9.56. The molecule has 4 rings (SSSR count). The molecule has 4 nitrogen and oxygen atoms in total. The van der Waals surface area contributed by atoms with Gasteiger partial charge in [0, 0.05) is 34.4 Å². The zero-order valence-electron chi connectivity index (χ0n) is 16.7. The molecule has 1 amide bonds. The Bertz CT molecular complexity index is 1220. The number of benzene rings is 3. The van der Waals surface area contributed by atoms with Crippen molar-refractivity contribution in [1.29, 1.82) is 0 Å². The largest absolute Gasteiger partial charge is 0.435 e. The van der Waals surface area contributed by atoms with Gasteiger partial charge in [0.05, 0.1) is 0 Å². The number of fused-ring (bicyclic) bond motifs is 1. The highest BCUT2D eigenvalue weighted by atomic mass is 35.5. The van der Waals surface area contributed by atoms with E-state index in [0.29, 0.717) is 16.8 Å². The number of hydrogen-bond acceptors (Lipinski definition) is 3. The van der Waals surface area contributed by atoms with E-state index in [0.717, 1.165) is 16.3 Å². The summed E-state index contributed by atoms with van der Waals surface area (Å²) in [6.07, 6.45) is 5.13. The molecular weight excluding hydrogens is 434 g/mol. The van der Waals surface area contributed by atoms with E-state index in [2.05, 4.69) is 15.0 Å². The van der Waals surface area contributed by atoms with Gasteiger partial charge in [-0.1, -0.05) is 54.6 Å². The minimum Gasteiger partial charge on any atom is -0.435 e. The van der Waals surface area contributed by atoms with Gasteiger partial charge in [0.15, 0.2) is 0 Å². The smallest absolute Gasteiger partial charge is 0.387 e. The van der Waals surface area contributed by atoms with Crippen LogP contribution in [0.5, 0.6) is 5.75 Å². The van der Waals surface area contributed by atoms with Crippen LogP contribution in [-0.4, -0.2) is 17.5 Å². The minimum atomic E-state index is -2.89. The number of ether oxygens (including phenoxy) is 1. The average Bonchev–Trinajstić information content (AvgIpc) is 2.79. The van der Waals surface area contributed by atoms with E-state index in [4.69, 9.17) is 0 Å². The molecule has 0 spiro atoms. The van der Waals surface area contributed by atoms with Gasteiger partial charge in [0.25, 0.3) is 5.91 Å². The molecule has 0 aliphatic heterocycles. The Balaban J connectivity index is 0.00000289. The Kier molecular flexibility index (Phi) is 7.52. The number of carbonyl (C=O) groups excluding carboxylic acids is 1. The number of nitrogens with one attached hydrogen (secondary N) is 1. The lowest BCUT2D eigenvalue weighted by molar-refractivity contribution is -0.111. The zero-order valence-corrected chi connectivity index (χ0v) is 17.6. The Labute approximate surface area is 190 Å². The van der Waals surface area contributed by atoms with Crippen LogP contribution in [0.4, 0.5) is 14.5 Å². The van der Waals surface area contributed by atoms with Crippen molar-refractivity contribution in [2.75, 3.05) is 5.32 Å². The number of pyridine rings is 1. The van der Waals surface area contributed by atoms with Crippen LogP contribution in [0.25, 0.3) is 22.4 Å². The molecule has 7 heteroatoms. The van der Waals surface area contributed by atoms with Crippen LogP contribution in [0.3, 0.4) is 0 Å². The summed E-state index contributed by atoms with van der Waals surface area (Å²) in [5.41, 5.74) is 2.52. The van der Waals surface area contributed by atoms with E-state index in [1.54, 1.807) is 30.6 Å². The fourth-order valence-electron chi connectivity index (χ4n) is 3.23. The molecule has 32 heavy (non-hydrogen) atoms. The van der Waals surface area contributed by atoms with Crippen LogP contribution in [0, 0.1) is 0 Å². The third-order valence-electron chi connectivity index (χ3n) is 4.67. The SMILES string of the molecule is Cl.O=C(Nc1cccc2cnccc12)/C(=C/c1ccc(OC(F)F)cc1)c1ccccc1. The van der Waals surface area contributed by atoms with E-state index >= 15 is 0 Å². The molecule has 0 saturated heterocycles. The minimum absolute atomic E-state index is 0. The highest BCUT2D eigenvalue weighted by Crippen LogP contribution is 2.26. The monoisotopic (exact) mass is 452 g/mol. The van der Waals surface area contributed by atoms with Gasteiger partial charge in [-0.25, -0.2) is 0 Å². The van der Waals surface area contributed by atoms with Gasteiger partial charge in [-0.05, 0) is 41.5 Å². The summed E-state index contributed by atoms with van der Waals surface area (Å²) in [5, 5.41) is 4.78. The third-order valence-corrected chi connectivity index (χ3v) is 4.67. The second-order valence-corrected chi connectivity index (χ2v) is 6.73. The van der Waals surface area contributed by atoms with Crippen LogP contribution < -0.4 is 10.1 Å². The van der Waals surface area contributed by atoms with Gasteiger partial charge < -0.3 is 10.1 Å². The summed E-state index contributed by atoms with van der Waals surface area (Å²) < 4.78 is 29.2. The zero-order chi connectivity index (χ0) is 21.6. The highest BCUT2D eigenvalue weighted by molar-refractivity contribution is 6.30. The van der Waals surface area contributed by atoms with Gasteiger partial charge >= 0.3 is 6.61 Å². The fourth-order valence-corrected chi connectivity index (χ4v) is 3.23. The molecular formula is C25H19ClF2N2O2. The summed E-state index contributed by atoms with van der Waals surface area (Å²) in [5.74, 6) is -0.231. The molecule has 3 aromatic carbocycles. The van der Waals surface area contributed by atoms with Gasteiger partial charge in [0.2, 0.25) is 0 Å². The van der Waals surface area contributed by atoms with E-state index in [1.165, 1.54) is 12.1 Å². The van der Waals surface area contributed by atoms with Gasteiger partial charge in [-0.15, -0.1) is 12.4 Å². The molecule has 1 N–H and O–H groups in total. The van der Waals surface area contributed by atoms with Crippen LogP contribution in [0.1, 0.15) is 11.1 Å². The van der Waals surface area contributed by atoms with Crippen molar-refractivity contribution < 1.29 is 18.3 Å². The van der Waals surface area contributed by atoms with Crippen molar-refractivity contribution in [1.82, 2.24) is 4.98 Å². The average molecular weight is 453 g/mol. The Morgan fingerprint density at radius 2 is 1.69 bits per heavy atom. The Morgan fingerprint density at radius 1 is 0.938 bits per heavy atom. The van der Waals surface area contributed by atoms with E-state index in [1.807, 2.05) is 54.6 Å². The topological polar surface area (TPSA) is 51.2 Å². The van der Waals surface area contributed by atoms with Crippen molar-refractivity contribution in [3.05, 3.63) is 102 Å². The molecule has 1 aromatic heterocycles. The Morgan fingerprint density at radius 3 is 2.41 bits per heavy atom. The molecule has 0 bridgehead atoms. The van der Waals surface area contributed by atoms with Crippen LogP contribution in [-0.2, 0) is 4.79 Å². The third kappa shape index (κ3) is 5.47. The summed E-state index contributed by atoms with van der Waals surface area (Å²) in [6.45, 7) is -2.89. The lowest BCUT2D eigenvalue weighted by Gasteiger charge is -2.12. The summed E-state index contributed by atoms with van der Waals surface area (Å²) in [7, 11) is 0. The number of nitrogens with zero attached hydrogens (tertiary/aromatic N) is 1. The lowest BCUT2D eigenvalue weighted by Crippen LogP contribution is -2.14. The number of anilines is 1. The van der Waals surface area contributed by atoms with Crippen LogP contribution >= 0.6 is 12.4 Å². The number of amides is 1. The van der Waals surface area contributed by atoms with Gasteiger partial charge in [-0.2, -0.15) is 8.78 Å². The molecule has 0 aliphatic carbocycles. The quantitative estimate of drug-likeness (QED) is 0.270. The molecule has 162 valence electrons. The van der Waals surface area contributed by atoms with Crippen molar-refractivity contribution in [3.63, 3.8) is 0 Å². The van der Waals surface area contributed by atoms with Crippen molar-refractivity contribution in [2.45, 2.75) is 6.61 Å². The lowest BCUT2D eigenvalue weighted by atomic mass is 10.0. The standard InChI is InChI=1S/C25H18F2N2O2.ClH/c26-25(27)31-20-11-9-17(10-12-20)15-22(18-5-2-1-3-6-18)24(30)29-23-8-4-7-19-16-28-14-13-21(19)23;/h1-16,25H,(H,29,30);1H/b22-15+;. The van der Waals surface area contributed by atoms with Crippen LogP contribution in [0.15, 0.2) is 91.3 Å². The van der Waals surface area contributed by atoms with Gasteiger partial charge in [0.1, 0.15) is 5.75 Å². The first-order chi connectivity index (χ1) is 15.1. The molecule has 4 aromatic rings. The molecule has 0 aliphatic rings. The van der Waals surface area contributed by atoms with Crippen molar-refractivity contribution in [3.8, 4) is 5.75 Å². The molecule has 0 fully saturated rings. The molecule has 1 heterocycles. The molecule has 0 saturated carbocycles. The second-order valence-electron chi connectivity index (χ2n) is 6.73. The second kappa shape index (κ2) is 10.5. The van der Waals surface area contributed by atoms with Crippen molar-refractivity contribution in [2.24, 2.45) is 0 Å². The maximum atomic E-state index is 13.3. The number of hydrogen-bond donors (Lipinski definition) is 1. The normalized spacial score (nSPS) is 11.2. The summed E-state index contributed by atoms with van der Waals surface area (Å²) >= 11 is 0. The van der Waals surface area contributed by atoms with Gasteiger partial charge in [-0.3, -0.25) is 9.78 Å². The first kappa shape index (κ1) is 22.9. The highest BCUT2D eigenvalue weighted by Gasteiger charge is 2.14. The van der Waals surface area contributed by atoms with E-state index in [-0.39, 0.29) is 24.1 Å². The predicted octanol–water partition coefficient (Wildman–Crippen LogP) is 6.44. The van der Waals surface area contributed by atoms with Crippen molar-refractivity contribution >= 4 is 46.4 Å². The predicted molar refractivity (Wildman–Crippen MR) is 125 cm³/mol. The summed E-state index contributed by atoms with van der Waals surface area (Å²) in [4.78, 5) is 17.4. The number of halogens is 3. The molecule has 0 atom stereocenters.